The lowest BCUT2D eigenvalue weighted by Crippen LogP contribution is -2.44. The number of esters is 1. The highest BCUT2D eigenvalue weighted by Crippen LogP contribution is 2.15. The molecule has 10 heteroatoms. The van der Waals surface area contributed by atoms with E-state index in [0.717, 1.165) is 18.6 Å². The van der Waals surface area contributed by atoms with Crippen molar-refractivity contribution < 1.29 is 23.1 Å². The van der Waals surface area contributed by atoms with Gasteiger partial charge in [0.1, 0.15) is 18.2 Å². The quantitative estimate of drug-likeness (QED) is 0.563. The zero-order valence-electron chi connectivity index (χ0n) is 15.0. The SMILES string of the molecule is COC(=O)CNC(=S)N1CCCN(CC(=O)Nc2ccc(F)cc2F)CC1. The molecule has 1 fully saturated rings. The van der Waals surface area contributed by atoms with Crippen molar-refractivity contribution >= 4 is 34.9 Å². The molecule has 1 aliphatic rings. The standard InChI is InChI=1S/C17H22F2N4O3S/c1-26-16(25)10-20-17(27)23-6-2-5-22(7-8-23)11-15(24)21-14-4-3-12(18)9-13(14)19/h3-4,9H,2,5-8,10-11H2,1H3,(H,20,27)(H,21,24). The van der Waals surface area contributed by atoms with E-state index in [4.69, 9.17) is 12.2 Å². The second-order valence-corrected chi connectivity index (χ2v) is 6.41. The number of nitrogens with zero attached hydrogens (tertiary/aromatic N) is 2. The van der Waals surface area contributed by atoms with Crippen LogP contribution in [0.4, 0.5) is 14.5 Å². The van der Waals surface area contributed by atoms with Crippen molar-refractivity contribution in [2.24, 2.45) is 0 Å². The van der Waals surface area contributed by atoms with E-state index in [-0.39, 0.29) is 24.7 Å². The maximum absolute atomic E-state index is 13.6. The van der Waals surface area contributed by atoms with Crippen LogP contribution in [0.1, 0.15) is 6.42 Å². The van der Waals surface area contributed by atoms with E-state index >= 15 is 0 Å². The molecule has 2 rings (SSSR count). The Hall–Kier alpha value is -2.33. The average Bonchev–Trinajstić information content (AvgIpc) is 2.87. The lowest BCUT2D eigenvalue weighted by molar-refractivity contribution is -0.139. The molecule has 1 heterocycles. The maximum Gasteiger partial charge on any atom is 0.325 e. The summed E-state index contributed by atoms with van der Waals surface area (Å²) in [7, 11) is 1.31. The first-order valence-electron chi connectivity index (χ1n) is 8.46. The Bertz CT molecular complexity index is 705. The first-order chi connectivity index (χ1) is 12.9. The number of carbonyl (C=O) groups excluding carboxylic acids is 2. The molecule has 0 aromatic heterocycles. The lowest BCUT2D eigenvalue weighted by Gasteiger charge is -2.24. The molecule has 0 bridgehead atoms. The van der Waals surface area contributed by atoms with Crippen LogP contribution in [0, 0.1) is 11.6 Å². The van der Waals surface area contributed by atoms with Crippen LogP contribution in [-0.2, 0) is 14.3 Å². The molecule has 0 unspecified atom stereocenters. The number of halogens is 2. The molecule has 7 nitrogen and oxygen atoms in total. The van der Waals surface area contributed by atoms with Gasteiger partial charge in [-0.05, 0) is 30.8 Å². The van der Waals surface area contributed by atoms with Gasteiger partial charge >= 0.3 is 5.97 Å². The zero-order chi connectivity index (χ0) is 19.8. The molecule has 2 N–H and O–H groups in total. The van der Waals surface area contributed by atoms with Crippen LogP contribution in [0.2, 0.25) is 0 Å². The van der Waals surface area contributed by atoms with E-state index in [1.54, 1.807) is 0 Å². The summed E-state index contributed by atoms with van der Waals surface area (Å²) >= 11 is 5.28. The largest absolute Gasteiger partial charge is 0.468 e. The number of carbonyl (C=O) groups is 2. The Kier molecular flexibility index (Phi) is 7.86. The van der Waals surface area contributed by atoms with E-state index in [1.807, 2.05) is 9.80 Å². The molecule has 1 aromatic carbocycles. The predicted molar refractivity (Wildman–Crippen MR) is 100 cm³/mol. The molecule has 0 spiro atoms. The molecule has 0 saturated carbocycles. The van der Waals surface area contributed by atoms with Crippen LogP contribution in [0.15, 0.2) is 18.2 Å². The molecule has 0 atom stereocenters. The van der Waals surface area contributed by atoms with Crippen molar-refractivity contribution in [1.82, 2.24) is 15.1 Å². The van der Waals surface area contributed by atoms with Gasteiger partial charge in [0.05, 0.1) is 19.3 Å². The highest BCUT2D eigenvalue weighted by Gasteiger charge is 2.19. The summed E-state index contributed by atoms with van der Waals surface area (Å²) in [6.07, 6.45) is 0.776. The average molecular weight is 400 g/mol. The van der Waals surface area contributed by atoms with Crippen LogP contribution in [0.5, 0.6) is 0 Å². The van der Waals surface area contributed by atoms with E-state index in [9.17, 15) is 18.4 Å². The van der Waals surface area contributed by atoms with Crippen LogP contribution >= 0.6 is 12.2 Å². The number of benzene rings is 1. The minimum absolute atomic E-state index is 0.00118. The monoisotopic (exact) mass is 400 g/mol. The highest BCUT2D eigenvalue weighted by atomic mass is 32.1. The second kappa shape index (κ2) is 10.1. The Morgan fingerprint density at radius 2 is 2.00 bits per heavy atom. The topological polar surface area (TPSA) is 73.9 Å². The van der Waals surface area contributed by atoms with Gasteiger partial charge in [-0.15, -0.1) is 0 Å². The predicted octanol–water partition coefficient (Wildman–Crippen LogP) is 0.958. The normalized spacial score (nSPS) is 15.0. The van der Waals surface area contributed by atoms with Crippen molar-refractivity contribution in [3.8, 4) is 0 Å². The third-order valence-corrected chi connectivity index (χ3v) is 4.46. The summed E-state index contributed by atoms with van der Waals surface area (Å²) in [5.41, 5.74) is -0.0500. The van der Waals surface area contributed by atoms with Crippen LogP contribution < -0.4 is 10.6 Å². The van der Waals surface area contributed by atoms with Gasteiger partial charge in [-0.2, -0.15) is 0 Å². The fourth-order valence-electron chi connectivity index (χ4n) is 2.65. The molecular formula is C17H22F2N4O3S. The number of thiocarbonyl (C=S) groups is 1. The third kappa shape index (κ3) is 6.72. The van der Waals surface area contributed by atoms with Crippen LogP contribution in [0.25, 0.3) is 0 Å². The Morgan fingerprint density at radius 1 is 1.22 bits per heavy atom. The Balaban J connectivity index is 1.80. The minimum atomic E-state index is -0.813. The van der Waals surface area contributed by atoms with Crippen LogP contribution in [0.3, 0.4) is 0 Å². The van der Waals surface area contributed by atoms with Gasteiger partial charge in [0, 0.05) is 32.2 Å². The van der Waals surface area contributed by atoms with Crippen molar-refractivity contribution in [2.75, 3.05) is 51.7 Å². The molecule has 0 aliphatic carbocycles. The third-order valence-electron chi connectivity index (χ3n) is 4.06. The Labute approximate surface area is 161 Å². The first kappa shape index (κ1) is 21.0. The highest BCUT2D eigenvalue weighted by molar-refractivity contribution is 7.80. The maximum atomic E-state index is 13.6. The molecule has 27 heavy (non-hydrogen) atoms. The smallest absolute Gasteiger partial charge is 0.325 e. The fraction of sp³-hybridized carbons (Fsp3) is 0.471. The summed E-state index contributed by atoms with van der Waals surface area (Å²) in [4.78, 5) is 27.2. The van der Waals surface area contributed by atoms with Gasteiger partial charge in [-0.1, -0.05) is 0 Å². The summed E-state index contributed by atoms with van der Waals surface area (Å²) in [6, 6.07) is 3.00. The number of methoxy groups -OCH3 is 1. The number of ether oxygens (including phenoxy) is 1. The van der Waals surface area contributed by atoms with Crippen molar-refractivity contribution in [2.45, 2.75) is 6.42 Å². The Morgan fingerprint density at radius 3 is 2.70 bits per heavy atom. The summed E-state index contributed by atoms with van der Waals surface area (Å²) in [5, 5.41) is 5.75. The van der Waals surface area contributed by atoms with Crippen molar-refractivity contribution in [1.29, 1.82) is 0 Å². The number of amides is 1. The van der Waals surface area contributed by atoms with Crippen molar-refractivity contribution in [3.63, 3.8) is 0 Å². The molecule has 0 radical (unpaired) electrons. The van der Waals surface area contributed by atoms with E-state index in [2.05, 4.69) is 15.4 Å². The van der Waals surface area contributed by atoms with Crippen LogP contribution in [-0.4, -0.2) is 73.2 Å². The number of anilines is 1. The van der Waals surface area contributed by atoms with Crippen molar-refractivity contribution in [3.05, 3.63) is 29.8 Å². The molecular weight excluding hydrogens is 378 g/mol. The minimum Gasteiger partial charge on any atom is -0.468 e. The molecule has 1 amide bonds. The summed E-state index contributed by atoms with van der Waals surface area (Å²) in [5.74, 6) is -2.29. The van der Waals surface area contributed by atoms with Gasteiger partial charge in [0.15, 0.2) is 5.11 Å². The fourth-order valence-corrected chi connectivity index (χ4v) is 2.90. The zero-order valence-corrected chi connectivity index (χ0v) is 15.8. The van der Waals surface area contributed by atoms with E-state index < -0.39 is 17.6 Å². The molecule has 1 saturated heterocycles. The number of hydrogen-bond donors (Lipinski definition) is 2. The second-order valence-electron chi connectivity index (χ2n) is 6.02. The molecule has 1 aromatic rings. The molecule has 1 aliphatic heterocycles. The van der Waals surface area contributed by atoms with Gasteiger partial charge in [-0.25, -0.2) is 8.78 Å². The number of nitrogens with one attached hydrogen (secondary N) is 2. The van der Waals surface area contributed by atoms with E-state index in [1.165, 1.54) is 13.2 Å². The lowest BCUT2D eigenvalue weighted by atomic mass is 10.3. The van der Waals surface area contributed by atoms with Gasteiger partial charge in [-0.3, -0.25) is 14.5 Å². The van der Waals surface area contributed by atoms with Gasteiger partial charge in [0.2, 0.25) is 5.91 Å². The first-order valence-corrected chi connectivity index (χ1v) is 8.86. The number of rotatable bonds is 5. The van der Waals surface area contributed by atoms with Gasteiger partial charge < -0.3 is 20.3 Å². The molecule has 148 valence electrons. The summed E-state index contributed by atoms with van der Waals surface area (Å²) < 4.78 is 31.1. The summed E-state index contributed by atoms with van der Waals surface area (Å²) in [6.45, 7) is 2.63. The number of hydrogen-bond acceptors (Lipinski definition) is 5. The van der Waals surface area contributed by atoms with Gasteiger partial charge in [0.25, 0.3) is 0 Å². The van der Waals surface area contributed by atoms with E-state index in [0.29, 0.717) is 31.3 Å².